The highest BCUT2D eigenvalue weighted by atomic mass is 32.1. The van der Waals surface area contributed by atoms with E-state index in [-0.39, 0.29) is 5.91 Å². The van der Waals surface area contributed by atoms with E-state index < -0.39 is 11.9 Å². The van der Waals surface area contributed by atoms with Crippen LogP contribution in [-0.2, 0) is 18.0 Å². The molecule has 0 fully saturated rings. The zero-order chi connectivity index (χ0) is 19.3. The molecule has 27 heavy (non-hydrogen) atoms. The summed E-state index contributed by atoms with van der Waals surface area (Å²) in [5.41, 5.74) is 6.97. The first kappa shape index (κ1) is 17.3. The number of nitrogen functional groups attached to an aromatic ring is 1. The van der Waals surface area contributed by atoms with Crippen LogP contribution in [0.25, 0.3) is 22.1 Å². The molecule has 0 bridgehead atoms. The molecular formula is C18H13F3N4OS. The number of nitrogens with one attached hydrogen (secondary N) is 1. The number of nitrogens with two attached hydrogens (primary N) is 1. The summed E-state index contributed by atoms with van der Waals surface area (Å²) >= 11 is 1.30. The lowest BCUT2D eigenvalue weighted by Crippen LogP contribution is -2.09. The van der Waals surface area contributed by atoms with Gasteiger partial charge in [-0.2, -0.15) is 13.2 Å². The highest BCUT2D eigenvalue weighted by Crippen LogP contribution is 2.38. The molecule has 0 spiro atoms. The fourth-order valence-corrected chi connectivity index (χ4v) is 3.87. The molecule has 0 saturated heterocycles. The molecule has 5 nitrogen and oxygen atoms in total. The molecule has 0 aromatic carbocycles. The smallest absolute Gasteiger partial charge is 0.397 e. The lowest BCUT2D eigenvalue weighted by atomic mass is 10.1. The SMILES string of the molecule is Cn1cc(-c2ccc(C=C3C(=O)Nc4ncc(N)cc43)s2)cc1C(F)(F)F. The lowest BCUT2D eigenvalue weighted by molar-refractivity contribution is -0.143. The van der Waals surface area contributed by atoms with Crippen LogP contribution in [0.1, 0.15) is 16.1 Å². The van der Waals surface area contributed by atoms with Crippen LogP contribution in [0.15, 0.2) is 36.7 Å². The number of fused-ring (bicyclic) bond motifs is 1. The number of anilines is 2. The molecule has 3 aromatic rings. The molecule has 3 N–H and O–H groups in total. The second-order valence-electron chi connectivity index (χ2n) is 6.10. The highest BCUT2D eigenvalue weighted by molar-refractivity contribution is 7.16. The Bertz CT molecular complexity index is 1090. The van der Waals surface area contributed by atoms with Gasteiger partial charge in [-0.3, -0.25) is 4.79 Å². The van der Waals surface area contributed by atoms with Crippen molar-refractivity contribution < 1.29 is 18.0 Å². The number of thiophene rings is 1. The maximum atomic E-state index is 13.0. The summed E-state index contributed by atoms with van der Waals surface area (Å²) in [7, 11) is 1.36. The van der Waals surface area contributed by atoms with E-state index in [2.05, 4.69) is 10.3 Å². The first-order valence-electron chi connectivity index (χ1n) is 7.85. The number of halogens is 3. The molecule has 0 radical (unpaired) electrons. The van der Waals surface area contributed by atoms with E-state index in [0.29, 0.717) is 33.1 Å². The van der Waals surface area contributed by atoms with Crippen molar-refractivity contribution in [1.82, 2.24) is 9.55 Å². The Morgan fingerprint density at radius 2 is 2.07 bits per heavy atom. The average molecular weight is 390 g/mol. The maximum Gasteiger partial charge on any atom is 0.431 e. The predicted octanol–water partition coefficient (Wildman–Crippen LogP) is 4.24. The van der Waals surface area contributed by atoms with Crippen LogP contribution in [-0.4, -0.2) is 15.5 Å². The molecule has 4 heterocycles. The minimum Gasteiger partial charge on any atom is -0.397 e. The number of rotatable bonds is 2. The molecule has 1 aliphatic heterocycles. The Morgan fingerprint density at radius 3 is 2.78 bits per heavy atom. The van der Waals surface area contributed by atoms with E-state index in [0.717, 1.165) is 15.5 Å². The Morgan fingerprint density at radius 1 is 1.30 bits per heavy atom. The van der Waals surface area contributed by atoms with Gasteiger partial charge < -0.3 is 15.6 Å². The van der Waals surface area contributed by atoms with Crippen LogP contribution in [0.3, 0.4) is 0 Å². The van der Waals surface area contributed by atoms with Crippen molar-refractivity contribution in [3.05, 3.63) is 52.8 Å². The number of hydrogen-bond acceptors (Lipinski definition) is 4. The zero-order valence-corrected chi connectivity index (χ0v) is 14.8. The number of nitrogens with zero attached hydrogens (tertiary/aromatic N) is 2. The van der Waals surface area contributed by atoms with Gasteiger partial charge in [-0.1, -0.05) is 0 Å². The number of carbonyl (C=O) groups excluding carboxylic acids is 1. The van der Waals surface area contributed by atoms with Gasteiger partial charge in [-0.15, -0.1) is 11.3 Å². The number of hydrogen-bond donors (Lipinski definition) is 2. The van der Waals surface area contributed by atoms with Gasteiger partial charge in [0.05, 0.1) is 17.5 Å². The van der Waals surface area contributed by atoms with Gasteiger partial charge in [0.25, 0.3) is 5.91 Å². The van der Waals surface area contributed by atoms with Crippen LogP contribution < -0.4 is 11.1 Å². The van der Waals surface area contributed by atoms with Gasteiger partial charge in [0, 0.05) is 34.1 Å². The largest absolute Gasteiger partial charge is 0.431 e. The van der Waals surface area contributed by atoms with Crippen molar-refractivity contribution >= 4 is 40.4 Å². The van der Waals surface area contributed by atoms with Crippen LogP contribution >= 0.6 is 11.3 Å². The van der Waals surface area contributed by atoms with Gasteiger partial charge in [0.15, 0.2) is 0 Å². The number of aromatic nitrogens is 2. The van der Waals surface area contributed by atoms with Gasteiger partial charge in [0.1, 0.15) is 11.5 Å². The van der Waals surface area contributed by atoms with Crippen LogP contribution in [0, 0.1) is 0 Å². The van der Waals surface area contributed by atoms with Gasteiger partial charge in [-0.05, 0) is 30.3 Å². The molecule has 1 aliphatic rings. The summed E-state index contributed by atoms with van der Waals surface area (Å²) in [6.45, 7) is 0. The van der Waals surface area contributed by atoms with Gasteiger partial charge in [-0.25, -0.2) is 4.98 Å². The van der Waals surface area contributed by atoms with Gasteiger partial charge in [0.2, 0.25) is 0 Å². The Labute approximate surface area is 156 Å². The number of aryl methyl sites for hydroxylation is 1. The van der Waals surface area contributed by atoms with E-state index in [1.807, 2.05) is 0 Å². The van der Waals surface area contributed by atoms with Crippen LogP contribution in [0.4, 0.5) is 24.7 Å². The summed E-state index contributed by atoms with van der Waals surface area (Å²) < 4.78 is 40.0. The Hall–Kier alpha value is -3.07. The minimum absolute atomic E-state index is 0.294. The van der Waals surface area contributed by atoms with Crippen LogP contribution in [0.5, 0.6) is 0 Å². The molecule has 4 rings (SSSR count). The maximum absolute atomic E-state index is 13.0. The summed E-state index contributed by atoms with van der Waals surface area (Å²) in [5, 5.41) is 2.66. The lowest BCUT2D eigenvalue weighted by Gasteiger charge is -2.05. The molecule has 0 atom stereocenters. The summed E-state index contributed by atoms with van der Waals surface area (Å²) in [6.07, 6.45) is 0.171. The summed E-state index contributed by atoms with van der Waals surface area (Å²) in [4.78, 5) is 17.7. The fraction of sp³-hybridized carbons (Fsp3) is 0.111. The molecule has 0 unspecified atom stereocenters. The summed E-state index contributed by atoms with van der Waals surface area (Å²) in [6, 6.07) is 6.27. The predicted molar refractivity (Wildman–Crippen MR) is 98.9 cm³/mol. The first-order valence-corrected chi connectivity index (χ1v) is 8.67. The highest BCUT2D eigenvalue weighted by Gasteiger charge is 2.34. The third-order valence-electron chi connectivity index (χ3n) is 4.17. The number of pyridine rings is 1. The van der Waals surface area contributed by atoms with E-state index in [1.54, 1.807) is 24.3 Å². The summed E-state index contributed by atoms with van der Waals surface area (Å²) in [5.74, 6) is 0.146. The number of alkyl halides is 3. The van der Waals surface area contributed by atoms with Crippen molar-refractivity contribution in [3.8, 4) is 10.4 Å². The van der Waals surface area contributed by atoms with Crippen molar-refractivity contribution in [2.24, 2.45) is 7.05 Å². The normalized spacial score (nSPS) is 15.3. The molecule has 138 valence electrons. The third kappa shape index (κ3) is 3.10. The third-order valence-corrected chi connectivity index (χ3v) is 5.25. The molecule has 9 heteroatoms. The van der Waals surface area contributed by atoms with Crippen molar-refractivity contribution in [2.45, 2.75) is 6.18 Å². The Kier molecular flexibility index (Phi) is 3.84. The Balaban J connectivity index is 1.70. The molecule has 0 saturated carbocycles. The standard InChI is InChI=1S/C18H13F3N4OS/c1-25-8-9(4-15(25)18(19,20)21)14-3-2-11(27-14)6-13-12-5-10(22)7-23-16(12)24-17(13)26/h2-8H,22H2,1H3,(H,23,24,26). The molecule has 1 amide bonds. The quantitative estimate of drug-likeness (QED) is 0.643. The zero-order valence-electron chi connectivity index (χ0n) is 14.0. The van der Waals surface area contributed by atoms with Crippen LogP contribution in [0.2, 0.25) is 0 Å². The van der Waals surface area contributed by atoms with Gasteiger partial charge >= 0.3 is 6.18 Å². The topological polar surface area (TPSA) is 72.9 Å². The van der Waals surface area contributed by atoms with Crippen molar-refractivity contribution in [2.75, 3.05) is 11.1 Å². The second-order valence-corrected chi connectivity index (χ2v) is 7.22. The number of amides is 1. The van der Waals surface area contributed by atoms with E-state index in [9.17, 15) is 18.0 Å². The monoisotopic (exact) mass is 390 g/mol. The molecule has 3 aromatic heterocycles. The first-order chi connectivity index (χ1) is 12.7. The fourth-order valence-electron chi connectivity index (χ4n) is 2.94. The van der Waals surface area contributed by atoms with Crippen molar-refractivity contribution in [1.29, 1.82) is 0 Å². The molecule has 0 aliphatic carbocycles. The second kappa shape index (κ2) is 5.98. The minimum atomic E-state index is -4.41. The average Bonchev–Trinajstić information content (AvgIpc) is 3.26. The number of carbonyl (C=O) groups is 1. The van der Waals surface area contributed by atoms with Crippen molar-refractivity contribution in [3.63, 3.8) is 0 Å². The van der Waals surface area contributed by atoms with E-state index >= 15 is 0 Å². The van der Waals surface area contributed by atoms with E-state index in [4.69, 9.17) is 5.73 Å². The molecular weight excluding hydrogens is 377 g/mol. The van der Waals surface area contributed by atoms with E-state index in [1.165, 1.54) is 30.8 Å².